The Kier molecular flexibility index (Phi) is 7.90. The predicted molar refractivity (Wildman–Crippen MR) is 169 cm³/mol. The van der Waals surface area contributed by atoms with E-state index in [2.05, 4.69) is 35.8 Å². The molecule has 1 aliphatic carbocycles. The third kappa shape index (κ3) is 6.12. The molecule has 7 nitrogen and oxygen atoms in total. The minimum absolute atomic E-state index is 0.0176. The van der Waals surface area contributed by atoms with E-state index in [4.69, 9.17) is 0 Å². The van der Waals surface area contributed by atoms with Crippen LogP contribution in [0.3, 0.4) is 0 Å². The van der Waals surface area contributed by atoms with Gasteiger partial charge in [0.15, 0.2) is 0 Å². The van der Waals surface area contributed by atoms with E-state index in [1.54, 1.807) is 41.0 Å². The largest absolute Gasteiger partial charge is 0.392 e. The number of aliphatic hydroxyl groups excluding tert-OH is 1. The SMILES string of the molecule is Cc1ccc2c(c1)CC(Cn1c(=O)c(C(=O)Nc3ccccc3)cc3c(NC(=O)Cc4ccc(CO)cc4)cccc31)C2. The highest BCUT2D eigenvalue weighted by atomic mass is 16.3. The normalized spacial score (nSPS) is 14.0. The molecule has 4 aromatic carbocycles. The topological polar surface area (TPSA) is 100 Å². The van der Waals surface area contributed by atoms with E-state index in [0.29, 0.717) is 28.8 Å². The van der Waals surface area contributed by atoms with Gasteiger partial charge in [-0.15, -0.1) is 0 Å². The Morgan fingerprint density at radius 1 is 0.837 bits per heavy atom. The standard InChI is InChI=1S/C36H33N3O4/c1-23-10-15-27-17-26(18-28(27)16-23)21-39-33-9-5-8-32(38-34(41)19-24-11-13-25(22-40)14-12-24)30(33)20-31(36(39)43)35(42)37-29-6-3-2-4-7-29/h2-16,20,26,40H,17-19,21-22H2,1H3,(H,37,42)(H,38,41). The number of amides is 2. The number of rotatable bonds is 8. The first-order valence-corrected chi connectivity index (χ1v) is 14.5. The summed E-state index contributed by atoms with van der Waals surface area (Å²) in [6.45, 7) is 2.47. The van der Waals surface area contributed by atoms with Gasteiger partial charge in [0, 0.05) is 17.6 Å². The third-order valence-electron chi connectivity index (χ3n) is 8.08. The minimum Gasteiger partial charge on any atom is -0.392 e. The number of aliphatic hydroxyl groups is 1. The average Bonchev–Trinajstić information content (AvgIpc) is 3.41. The third-order valence-corrected chi connectivity index (χ3v) is 8.08. The lowest BCUT2D eigenvalue weighted by atomic mass is 10.0. The van der Waals surface area contributed by atoms with E-state index in [1.165, 1.54) is 16.7 Å². The van der Waals surface area contributed by atoms with Crippen molar-refractivity contribution in [2.45, 2.75) is 39.3 Å². The van der Waals surface area contributed by atoms with Gasteiger partial charge in [0.1, 0.15) is 5.56 Å². The molecule has 1 aromatic heterocycles. The molecule has 5 aromatic rings. The number of aryl methyl sites for hydroxylation is 1. The zero-order valence-electron chi connectivity index (χ0n) is 24.0. The van der Waals surface area contributed by atoms with Gasteiger partial charge in [-0.2, -0.15) is 0 Å². The molecule has 0 fully saturated rings. The number of carbonyl (C=O) groups is 2. The summed E-state index contributed by atoms with van der Waals surface area (Å²) < 4.78 is 1.70. The maximum Gasteiger partial charge on any atom is 0.263 e. The molecular formula is C36H33N3O4. The number of aromatic nitrogens is 1. The van der Waals surface area contributed by atoms with Gasteiger partial charge in [-0.3, -0.25) is 14.4 Å². The molecule has 0 saturated heterocycles. The van der Waals surface area contributed by atoms with Crippen LogP contribution in [0.5, 0.6) is 0 Å². The average molecular weight is 572 g/mol. The Morgan fingerprint density at radius 3 is 2.35 bits per heavy atom. The van der Waals surface area contributed by atoms with Crippen molar-refractivity contribution in [1.29, 1.82) is 0 Å². The maximum atomic E-state index is 14.0. The smallest absolute Gasteiger partial charge is 0.263 e. The molecule has 1 atom stereocenters. The first-order chi connectivity index (χ1) is 20.9. The zero-order valence-corrected chi connectivity index (χ0v) is 24.0. The molecule has 2 amide bonds. The molecule has 43 heavy (non-hydrogen) atoms. The number of pyridine rings is 1. The molecule has 0 bridgehead atoms. The molecular weight excluding hydrogens is 538 g/mol. The number of carbonyl (C=O) groups excluding carboxylic acids is 2. The van der Waals surface area contributed by atoms with E-state index < -0.39 is 5.91 Å². The second-order valence-electron chi connectivity index (χ2n) is 11.3. The molecule has 216 valence electrons. The summed E-state index contributed by atoms with van der Waals surface area (Å²) in [7, 11) is 0. The van der Waals surface area contributed by atoms with Crippen LogP contribution in [0.25, 0.3) is 10.9 Å². The molecule has 1 heterocycles. The van der Waals surface area contributed by atoms with E-state index in [-0.39, 0.29) is 36.0 Å². The minimum atomic E-state index is -0.498. The van der Waals surface area contributed by atoms with Crippen LogP contribution in [0, 0.1) is 12.8 Å². The lowest BCUT2D eigenvalue weighted by Gasteiger charge is -2.18. The van der Waals surface area contributed by atoms with Gasteiger partial charge in [0.05, 0.1) is 24.2 Å². The van der Waals surface area contributed by atoms with E-state index in [1.807, 2.05) is 42.5 Å². The zero-order chi connectivity index (χ0) is 29.9. The molecule has 0 spiro atoms. The molecule has 7 heteroatoms. The lowest BCUT2D eigenvalue weighted by molar-refractivity contribution is -0.115. The monoisotopic (exact) mass is 571 g/mol. The summed E-state index contributed by atoms with van der Waals surface area (Å²) in [5.41, 5.74) is 6.85. The molecule has 0 saturated carbocycles. The molecule has 0 aliphatic heterocycles. The van der Waals surface area contributed by atoms with Crippen molar-refractivity contribution < 1.29 is 14.7 Å². The number of para-hydroxylation sites is 1. The Hall–Kier alpha value is -5.01. The van der Waals surface area contributed by atoms with Crippen LogP contribution < -0.4 is 16.2 Å². The summed E-state index contributed by atoms with van der Waals surface area (Å²) in [6, 6.07) is 29.8. The number of anilines is 2. The number of benzene rings is 4. The van der Waals surface area contributed by atoms with Crippen molar-refractivity contribution in [3.05, 3.63) is 141 Å². The fraction of sp³-hybridized carbons (Fsp3) is 0.194. The molecule has 3 N–H and O–H groups in total. The van der Waals surface area contributed by atoms with Crippen LogP contribution in [-0.2, 0) is 37.2 Å². The van der Waals surface area contributed by atoms with Gasteiger partial charge >= 0.3 is 0 Å². The summed E-state index contributed by atoms with van der Waals surface area (Å²) in [5.74, 6) is -0.522. The van der Waals surface area contributed by atoms with Crippen LogP contribution in [-0.4, -0.2) is 21.5 Å². The number of nitrogens with zero attached hydrogens (tertiary/aromatic N) is 1. The van der Waals surface area contributed by atoms with Crippen LogP contribution in [0.1, 0.15) is 38.2 Å². The number of hydrogen-bond donors (Lipinski definition) is 3. The molecule has 0 radical (unpaired) electrons. The van der Waals surface area contributed by atoms with Gasteiger partial charge in [-0.1, -0.05) is 72.3 Å². The quantitative estimate of drug-likeness (QED) is 0.224. The maximum absolute atomic E-state index is 14.0. The first-order valence-electron chi connectivity index (χ1n) is 14.5. The van der Waals surface area contributed by atoms with Crippen LogP contribution >= 0.6 is 0 Å². The molecule has 6 rings (SSSR count). The predicted octanol–water partition coefficient (Wildman–Crippen LogP) is 5.65. The van der Waals surface area contributed by atoms with Crippen molar-refractivity contribution in [2.75, 3.05) is 10.6 Å². The Balaban J connectivity index is 1.36. The summed E-state index contributed by atoms with van der Waals surface area (Å²) in [5, 5.41) is 15.8. The second kappa shape index (κ2) is 12.1. The van der Waals surface area contributed by atoms with E-state index >= 15 is 0 Å². The van der Waals surface area contributed by atoms with Gasteiger partial charge in [0.25, 0.3) is 11.5 Å². The Bertz CT molecular complexity index is 1880. The van der Waals surface area contributed by atoms with Gasteiger partial charge in [-0.05, 0) is 78.3 Å². The fourth-order valence-corrected chi connectivity index (χ4v) is 5.94. The van der Waals surface area contributed by atoms with E-state index in [0.717, 1.165) is 24.0 Å². The van der Waals surface area contributed by atoms with Crippen LogP contribution in [0.2, 0.25) is 0 Å². The van der Waals surface area contributed by atoms with Crippen LogP contribution in [0.15, 0.2) is 102 Å². The summed E-state index contributed by atoms with van der Waals surface area (Å²) in [6.07, 6.45) is 1.86. The van der Waals surface area contributed by atoms with Crippen molar-refractivity contribution in [3.8, 4) is 0 Å². The summed E-state index contributed by atoms with van der Waals surface area (Å²) >= 11 is 0. The number of hydrogen-bond acceptors (Lipinski definition) is 4. The lowest BCUT2D eigenvalue weighted by Crippen LogP contribution is -2.31. The van der Waals surface area contributed by atoms with Crippen LogP contribution in [0.4, 0.5) is 11.4 Å². The summed E-state index contributed by atoms with van der Waals surface area (Å²) in [4.78, 5) is 40.6. The van der Waals surface area contributed by atoms with Gasteiger partial charge in [-0.25, -0.2) is 0 Å². The second-order valence-corrected chi connectivity index (χ2v) is 11.3. The fourth-order valence-electron chi connectivity index (χ4n) is 5.94. The van der Waals surface area contributed by atoms with Crippen molar-refractivity contribution in [2.24, 2.45) is 5.92 Å². The highest BCUT2D eigenvalue weighted by Crippen LogP contribution is 2.30. The highest BCUT2D eigenvalue weighted by Gasteiger charge is 2.25. The van der Waals surface area contributed by atoms with Gasteiger partial charge in [0.2, 0.25) is 5.91 Å². The first kappa shape index (κ1) is 28.1. The molecule has 1 unspecified atom stereocenters. The van der Waals surface area contributed by atoms with Crippen molar-refractivity contribution >= 4 is 34.1 Å². The Morgan fingerprint density at radius 2 is 1.58 bits per heavy atom. The van der Waals surface area contributed by atoms with Crippen molar-refractivity contribution in [1.82, 2.24) is 4.57 Å². The number of nitrogens with one attached hydrogen (secondary N) is 2. The number of fused-ring (bicyclic) bond motifs is 2. The Labute approximate surface area is 249 Å². The van der Waals surface area contributed by atoms with Crippen molar-refractivity contribution in [3.63, 3.8) is 0 Å². The molecule has 1 aliphatic rings. The van der Waals surface area contributed by atoms with E-state index in [9.17, 15) is 19.5 Å². The van der Waals surface area contributed by atoms with Gasteiger partial charge < -0.3 is 20.3 Å². The highest BCUT2D eigenvalue weighted by molar-refractivity contribution is 6.08.